The zero-order chi connectivity index (χ0) is 22.4. The molecule has 0 spiro atoms. The predicted octanol–water partition coefficient (Wildman–Crippen LogP) is 10.0. The van der Waals surface area contributed by atoms with E-state index < -0.39 is 0 Å². The third kappa shape index (κ3) is 9.67. The summed E-state index contributed by atoms with van der Waals surface area (Å²) >= 11 is 0. The lowest BCUT2D eigenvalue weighted by molar-refractivity contribution is 0.237. The van der Waals surface area contributed by atoms with E-state index in [0.717, 1.165) is 11.8 Å². The molecular weight excluding hydrogens is 360 g/mol. The van der Waals surface area contributed by atoms with Gasteiger partial charge in [0, 0.05) is 5.41 Å². The first kappa shape index (κ1) is 26.7. The van der Waals surface area contributed by atoms with Gasteiger partial charge in [0.25, 0.3) is 0 Å². The highest BCUT2D eigenvalue weighted by molar-refractivity contribution is 5.40. The molecule has 2 atom stereocenters. The minimum Gasteiger partial charge on any atom is -0.100 e. The summed E-state index contributed by atoms with van der Waals surface area (Å²) in [5.41, 5.74) is 4.41. The van der Waals surface area contributed by atoms with Crippen LogP contribution < -0.4 is 0 Å². The topological polar surface area (TPSA) is 0 Å². The van der Waals surface area contributed by atoms with Crippen molar-refractivity contribution < 1.29 is 0 Å². The van der Waals surface area contributed by atoms with Gasteiger partial charge in [-0.2, -0.15) is 0 Å². The summed E-state index contributed by atoms with van der Waals surface area (Å²) in [7, 11) is 0. The highest BCUT2D eigenvalue weighted by Crippen LogP contribution is 2.52. The zero-order valence-corrected chi connectivity index (χ0v) is 20.9. The Morgan fingerprint density at radius 1 is 0.933 bits per heavy atom. The Morgan fingerprint density at radius 3 is 1.97 bits per heavy atom. The van der Waals surface area contributed by atoms with Crippen molar-refractivity contribution in [3.8, 4) is 0 Å². The molecule has 0 heteroatoms. The minimum absolute atomic E-state index is 0.348. The van der Waals surface area contributed by atoms with Crippen LogP contribution in [0.4, 0.5) is 0 Å². The van der Waals surface area contributed by atoms with Gasteiger partial charge in [0.15, 0.2) is 0 Å². The van der Waals surface area contributed by atoms with Gasteiger partial charge in [0.05, 0.1) is 0 Å². The largest absolute Gasteiger partial charge is 0.100 e. The number of rotatable bonds is 8. The summed E-state index contributed by atoms with van der Waals surface area (Å²) in [5, 5.41) is 0. The summed E-state index contributed by atoms with van der Waals surface area (Å²) in [6.45, 7) is 19.0. The number of allylic oxidation sites excluding steroid dienone is 2. The molecule has 0 radical (unpaired) electrons. The molecule has 2 fully saturated rings. The average molecular weight is 411 g/mol. The second-order valence-corrected chi connectivity index (χ2v) is 9.95. The van der Waals surface area contributed by atoms with Crippen molar-refractivity contribution in [2.45, 2.75) is 117 Å². The van der Waals surface area contributed by atoms with Gasteiger partial charge >= 0.3 is 0 Å². The first-order chi connectivity index (χ1) is 14.4. The molecule has 0 aromatic heterocycles. The Hall–Kier alpha value is -1.30. The molecule has 0 heterocycles. The van der Waals surface area contributed by atoms with E-state index in [-0.39, 0.29) is 0 Å². The van der Waals surface area contributed by atoms with E-state index in [0.29, 0.717) is 5.41 Å². The van der Waals surface area contributed by atoms with Crippen molar-refractivity contribution in [1.29, 1.82) is 0 Å². The van der Waals surface area contributed by atoms with E-state index in [4.69, 9.17) is 0 Å². The van der Waals surface area contributed by atoms with Gasteiger partial charge in [-0.15, -0.1) is 6.58 Å². The van der Waals surface area contributed by atoms with Crippen molar-refractivity contribution >= 4 is 0 Å². The Morgan fingerprint density at radius 2 is 1.53 bits per heavy atom. The van der Waals surface area contributed by atoms with Gasteiger partial charge in [-0.25, -0.2) is 0 Å². The Bertz CT molecular complexity index is 590. The summed E-state index contributed by atoms with van der Waals surface area (Å²) in [6, 6.07) is 10.7. The maximum atomic E-state index is 4.07. The van der Waals surface area contributed by atoms with Crippen molar-refractivity contribution in [1.82, 2.24) is 0 Å². The number of benzene rings is 1. The van der Waals surface area contributed by atoms with Crippen molar-refractivity contribution in [3.63, 3.8) is 0 Å². The van der Waals surface area contributed by atoms with E-state index in [9.17, 15) is 0 Å². The van der Waals surface area contributed by atoms with E-state index in [2.05, 4.69) is 78.1 Å². The number of unbranched alkanes of at least 4 members (excludes halogenated alkanes) is 2. The normalized spacial score (nSPS) is 21.4. The van der Waals surface area contributed by atoms with Crippen molar-refractivity contribution in [3.05, 3.63) is 60.2 Å². The second-order valence-electron chi connectivity index (χ2n) is 9.95. The van der Waals surface area contributed by atoms with Crippen molar-refractivity contribution in [2.24, 2.45) is 11.8 Å². The summed E-state index contributed by atoms with van der Waals surface area (Å²) in [4.78, 5) is 0. The molecule has 170 valence electrons. The predicted molar refractivity (Wildman–Crippen MR) is 137 cm³/mol. The molecule has 2 aliphatic carbocycles. The van der Waals surface area contributed by atoms with Crippen LogP contribution in [-0.2, 0) is 5.41 Å². The molecule has 0 N–H and O–H groups in total. The molecule has 0 bridgehead atoms. The fourth-order valence-electron chi connectivity index (χ4n) is 4.61. The lowest BCUT2D eigenvalue weighted by Crippen LogP contribution is -2.16. The van der Waals surface area contributed by atoms with Gasteiger partial charge in [0.2, 0.25) is 0 Å². The van der Waals surface area contributed by atoms with E-state index in [1.807, 2.05) is 0 Å². The van der Waals surface area contributed by atoms with Crippen LogP contribution in [0.2, 0.25) is 0 Å². The lowest BCUT2D eigenvalue weighted by atomic mass is 9.78. The molecular formula is C30H50. The monoisotopic (exact) mass is 410 g/mol. The highest BCUT2D eigenvalue weighted by atomic mass is 14.5. The maximum Gasteiger partial charge on any atom is 0.0157 e. The summed E-state index contributed by atoms with van der Waals surface area (Å²) in [6.07, 6.45) is 16.7. The fraction of sp³-hybridized carbons (Fsp3) is 0.667. The molecule has 2 aliphatic rings. The molecule has 1 aromatic rings. The Labute approximate surface area is 189 Å². The molecule has 30 heavy (non-hydrogen) atoms. The highest BCUT2D eigenvalue weighted by Gasteiger charge is 2.44. The van der Waals surface area contributed by atoms with E-state index in [1.54, 1.807) is 0 Å². The first-order valence-corrected chi connectivity index (χ1v) is 12.7. The van der Waals surface area contributed by atoms with Gasteiger partial charge in [0.1, 0.15) is 0 Å². The van der Waals surface area contributed by atoms with Crippen LogP contribution in [0, 0.1) is 11.8 Å². The number of hydrogen-bond donors (Lipinski definition) is 0. The SMILES string of the molecule is C=C(C)C1(c2ccccc2)CC1.C=C(C)CCCC.CCCCC1CCCCC1C. The molecule has 2 saturated carbocycles. The zero-order valence-electron chi connectivity index (χ0n) is 20.9. The second kappa shape index (κ2) is 14.7. The van der Waals surface area contributed by atoms with Crippen LogP contribution in [0.25, 0.3) is 0 Å². The third-order valence-electron chi connectivity index (χ3n) is 7.07. The van der Waals surface area contributed by atoms with Crippen LogP contribution >= 0.6 is 0 Å². The van der Waals surface area contributed by atoms with Gasteiger partial charge in [-0.05, 0) is 56.9 Å². The Balaban J connectivity index is 0.000000234. The molecule has 2 unspecified atom stereocenters. The third-order valence-corrected chi connectivity index (χ3v) is 7.07. The van der Waals surface area contributed by atoms with Gasteiger partial charge in [-0.3, -0.25) is 0 Å². The molecule has 3 rings (SSSR count). The van der Waals surface area contributed by atoms with E-state index >= 15 is 0 Å². The molecule has 0 aliphatic heterocycles. The van der Waals surface area contributed by atoms with Crippen LogP contribution in [0.15, 0.2) is 54.6 Å². The van der Waals surface area contributed by atoms with Crippen LogP contribution in [0.1, 0.15) is 117 Å². The molecule has 0 saturated heterocycles. The average Bonchev–Trinajstić information content (AvgIpc) is 3.56. The van der Waals surface area contributed by atoms with E-state index in [1.165, 1.54) is 93.8 Å². The van der Waals surface area contributed by atoms with Gasteiger partial charge in [-0.1, -0.05) is 120 Å². The minimum atomic E-state index is 0.348. The molecule has 0 amide bonds. The quantitative estimate of drug-likeness (QED) is 0.374. The smallest absolute Gasteiger partial charge is 0.0157 e. The Kier molecular flexibility index (Phi) is 13.1. The maximum absolute atomic E-state index is 4.07. The summed E-state index contributed by atoms with van der Waals surface area (Å²) < 4.78 is 0. The standard InChI is InChI=1S/C12H14.C11H22.C7H14/c1-10(2)12(8-9-12)11-6-4-3-5-7-11;1-3-4-8-11-9-6-5-7-10(11)2;1-4-5-6-7(2)3/h3-7H,1,8-9H2,2H3;10-11H,3-9H2,1-2H3;2,4-6H2,1,3H3. The van der Waals surface area contributed by atoms with Crippen LogP contribution in [0.3, 0.4) is 0 Å². The molecule has 0 nitrogen and oxygen atoms in total. The van der Waals surface area contributed by atoms with Crippen LogP contribution in [0.5, 0.6) is 0 Å². The number of hydrogen-bond acceptors (Lipinski definition) is 0. The van der Waals surface area contributed by atoms with Gasteiger partial charge < -0.3 is 0 Å². The fourth-order valence-corrected chi connectivity index (χ4v) is 4.61. The summed E-state index contributed by atoms with van der Waals surface area (Å²) in [5.74, 6) is 2.10. The van der Waals surface area contributed by atoms with Crippen LogP contribution in [-0.4, -0.2) is 0 Å². The lowest BCUT2D eigenvalue weighted by Gasteiger charge is -2.28. The molecule has 1 aromatic carbocycles. The first-order valence-electron chi connectivity index (χ1n) is 12.7. The van der Waals surface area contributed by atoms with Crippen molar-refractivity contribution in [2.75, 3.05) is 0 Å².